The van der Waals surface area contributed by atoms with Crippen molar-refractivity contribution >= 4 is 11.9 Å². The largest absolute Gasteiger partial charge is 0.481 e. The first-order valence-corrected chi connectivity index (χ1v) is 8.20. The molecule has 0 aliphatic rings. The first-order valence-electron chi connectivity index (χ1n) is 8.20. The predicted octanol–water partition coefficient (Wildman–Crippen LogP) is 3.06. The Morgan fingerprint density at radius 3 is 2.00 bits per heavy atom. The highest BCUT2D eigenvalue weighted by Gasteiger charge is 2.31. The second kappa shape index (κ2) is 12.3. The maximum atomic E-state index is 11.5. The van der Waals surface area contributed by atoms with E-state index < -0.39 is 24.2 Å². The lowest BCUT2D eigenvalue weighted by Gasteiger charge is -2.32. The summed E-state index contributed by atoms with van der Waals surface area (Å²) in [6.45, 7) is 8.22. The number of hydrogen-bond donors (Lipinski definition) is 1. The van der Waals surface area contributed by atoms with Crippen LogP contribution in [0.1, 0.15) is 66.2 Å². The summed E-state index contributed by atoms with van der Waals surface area (Å²) in [6.07, 6.45) is 2.31. The van der Waals surface area contributed by atoms with E-state index >= 15 is 0 Å². The van der Waals surface area contributed by atoms with Crippen LogP contribution < -0.4 is 0 Å². The molecule has 0 aromatic heterocycles. The van der Waals surface area contributed by atoms with Crippen molar-refractivity contribution in [3.63, 3.8) is 0 Å². The number of rotatable bonds is 14. The monoisotopic (exact) mass is 334 g/mol. The minimum absolute atomic E-state index is 0.201. The molecule has 0 aromatic carbocycles. The number of esters is 1. The van der Waals surface area contributed by atoms with Crippen molar-refractivity contribution in [2.75, 3.05) is 13.2 Å². The van der Waals surface area contributed by atoms with Gasteiger partial charge in [-0.15, -0.1) is 0 Å². The van der Waals surface area contributed by atoms with Crippen LogP contribution in [0.5, 0.6) is 0 Å². The van der Waals surface area contributed by atoms with Crippen molar-refractivity contribution in [1.29, 1.82) is 0 Å². The quantitative estimate of drug-likeness (QED) is 0.296. The second-order valence-corrected chi connectivity index (χ2v) is 5.34. The van der Waals surface area contributed by atoms with Crippen molar-refractivity contribution in [2.24, 2.45) is 0 Å². The van der Waals surface area contributed by atoms with Crippen LogP contribution in [0, 0.1) is 0 Å². The van der Waals surface area contributed by atoms with Crippen molar-refractivity contribution in [3.8, 4) is 0 Å². The van der Waals surface area contributed by atoms with Gasteiger partial charge in [0.2, 0.25) is 6.29 Å². The SMILES string of the molecule is CCCCOC(C)(OCCCC)OC(C)OC(=O)CCC(=O)O. The fraction of sp³-hybridized carbons (Fsp3) is 0.875. The Labute approximate surface area is 138 Å². The molecule has 0 aromatic rings. The molecule has 0 heterocycles. The van der Waals surface area contributed by atoms with Crippen molar-refractivity contribution < 1.29 is 33.6 Å². The smallest absolute Gasteiger partial charge is 0.308 e. The zero-order valence-corrected chi connectivity index (χ0v) is 14.6. The number of carboxylic acids is 1. The Hall–Kier alpha value is -1.18. The van der Waals surface area contributed by atoms with Gasteiger partial charge in [-0.25, -0.2) is 0 Å². The minimum atomic E-state index is -1.29. The Kier molecular flexibility index (Phi) is 11.6. The van der Waals surface area contributed by atoms with E-state index in [1.54, 1.807) is 13.8 Å². The third-order valence-electron chi connectivity index (χ3n) is 2.94. The van der Waals surface area contributed by atoms with E-state index in [1.807, 2.05) is 13.8 Å². The highest BCUT2D eigenvalue weighted by atomic mass is 16.9. The highest BCUT2D eigenvalue weighted by Crippen LogP contribution is 2.19. The summed E-state index contributed by atoms with van der Waals surface area (Å²) in [7, 11) is 0. The maximum absolute atomic E-state index is 11.5. The van der Waals surface area contributed by atoms with Crippen LogP contribution in [0.15, 0.2) is 0 Å². The molecular formula is C16H30O7. The topological polar surface area (TPSA) is 91.3 Å². The van der Waals surface area contributed by atoms with Gasteiger partial charge >= 0.3 is 11.9 Å². The summed E-state index contributed by atoms with van der Waals surface area (Å²) in [5.41, 5.74) is 0. The number of ether oxygens (including phenoxy) is 4. The Morgan fingerprint density at radius 2 is 1.57 bits per heavy atom. The Balaban J connectivity index is 4.41. The van der Waals surface area contributed by atoms with Gasteiger partial charge < -0.3 is 19.3 Å². The molecule has 0 saturated carbocycles. The van der Waals surface area contributed by atoms with Crippen LogP contribution in [-0.4, -0.2) is 42.5 Å². The number of aliphatic carboxylic acids is 1. The van der Waals surface area contributed by atoms with Crippen LogP contribution >= 0.6 is 0 Å². The van der Waals surface area contributed by atoms with Gasteiger partial charge in [0.15, 0.2) is 0 Å². The van der Waals surface area contributed by atoms with Gasteiger partial charge in [0.1, 0.15) is 0 Å². The molecule has 0 rings (SSSR count). The zero-order chi connectivity index (χ0) is 17.7. The molecule has 136 valence electrons. The number of carbonyl (C=O) groups is 2. The molecule has 0 radical (unpaired) electrons. The number of carboxylic acid groups (broad SMARTS) is 1. The van der Waals surface area contributed by atoms with Gasteiger partial charge in [-0.05, 0) is 19.8 Å². The normalized spacial score (nSPS) is 12.9. The Morgan fingerprint density at radius 1 is 1.04 bits per heavy atom. The molecule has 1 atom stereocenters. The molecule has 0 aliphatic heterocycles. The molecule has 1 unspecified atom stereocenters. The van der Waals surface area contributed by atoms with Gasteiger partial charge in [0.25, 0.3) is 5.97 Å². The zero-order valence-electron chi connectivity index (χ0n) is 14.6. The molecule has 0 amide bonds. The molecule has 0 fully saturated rings. The van der Waals surface area contributed by atoms with Crippen LogP contribution in [0.3, 0.4) is 0 Å². The molecule has 23 heavy (non-hydrogen) atoms. The van der Waals surface area contributed by atoms with Crippen LogP contribution in [0.2, 0.25) is 0 Å². The van der Waals surface area contributed by atoms with Crippen molar-refractivity contribution in [3.05, 3.63) is 0 Å². The van der Waals surface area contributed by atoms with Gasteiger partial charge in [-0.2, -0.15) is 0 Å². The summed E-state index contributed by atoms with van der Waals surface area (Å²) >= 11 is 0. The first-order chi connectivity index (χ1) is 10.8. The van der Waals surface area contributed by atoms with E-state index in [1.165, 1.54) is 0 Å². The van der Waals surface area contributed by atoms with Crippen LogP contribution in [-0.2, 0) is 28.5 Å². The van der Waals surface area contributed by atoms with Crippen molar-refractivity contribution in [1.82, 2.24) is 0 Å². The fourth-order valence-corrected chi connectivity index (χ4v) is 1.69. The third-order valence-corrected chi connectivity index (χ3v) is 2.94. The summed E-state index contributed by atoms with van der Waals surface area (Å²) < 4.78 is 21.9. The lowest BCUT2D eigenvalue weighted by atomic mass is 10.3. The van der Waals surface area contributed by atoms with Gasteiger partial charge in [-0.3, -0.25) is 14.3 Å². The summed E-state index contributed by atoms with van der Waals surface area (Å²) in [5.74, 6) is -2.98. The van der Waals surface area contributed by atoms with E-state index in [2.05, 4.69) is 0 Å². The molecular weight excluding hydrogens is 304 g/mol. The van der Waals surface area contributed by atoms with Gasteiger partial charge in [0, 0.05) is 6.92 Å². The van der Waals surface area contributed by atoms with Gasteiger partial charge in [0.05, 0.1) is 26.1 Å². The molecule has 7 nitrogen and oxygen atoms in total. The van der Waals surface area contributed by atoms with E-state index in [0.29, 0.717) is 13.2 Å². The molecule has 0 spiro atoms. The highest BCUT2D eigenvalue weighted by molar-refractivity contribution is 5.76. The predicted molar refractivity (Wildman–Crippen MR) is 83.6 cm³/mol. The maximum Gasteiger partial charge on any atom is 0.308 e. The Bertz CT molecular complexity index is 333. The average Bonchev–Trinajstić information content (AvgIpc) is 2.45. The fourth-order valence-electron chi connectivity index (χ4n) is 1.69. The molecule has 7 heteroatoms. The lowest BCUT2D eigenvalue weighted by molar-refractivity contribution is -0.403. The number of carbonyl (C=O) groups excluding carboxylic acids is 1. The van der Waals surface area contributed by atoms with Gasteiger partial charge in [-0.1, -0.05) is 26.7 Å². The summed E-state index contributed by atoms with van der Waals surface area (Å²) in [5, 5.41) is 8.54. The van der Waals surface area contributed by atoms with E-state index in [4.69, 9.17) is 24.1 Å². The molecule has 1 N–H and O–H groups in total. The standard InChI is InChI=1S/C16H30O7/c1-5-7-11-20-16(4,21-12-8-6-2)23-13(3)22-15(19)10-9-14(17)18/h13H,5-12H2,1-4H3,(H,17,18). The van der Waals surface area contributed by atoms with E-state index in [0.717, 1.165) is 25.7 Å². The first kappa shape index (κ1) is 21.8. The molecule has 0 saturated heterocycles. The average molecular weight is 334 g/mol. The summed E-state index contributed by atoms with van der Waals surface area (Å²) in [6, 6.07) is 0. The number of unbranched alkanes of at least 4 members (excludes halogenated alkanes) is 2. The number of hydrogen-bond acceptors (Lipinski definition) is 6. The van der Waals surface area contributed by atoms with Crippen LogP contribution in [0.25, 0.3) is 0 Å². The summed E-state index contributed by atoms with van der Waals surface area (Å²) in [4.78, 5) is 22.0. The van der Waals surface area contributed by atoms with Crippen molar-refractivity contribution in [2.45, 2.75) is 78.5 Å². The van der Waals surface area contributed by atoms with Crippen LogP contribution in [0.4, 0.5) is 0 Å². The van der Waals surface area contributed by atoms with E-state index in [9.17, 15) is 9.59 Å². The second-order valence-electron chi connectivity index (χ2n) is 5.34. The molecule has 0 aliphatic carbocycles. The lowest BCUT2D eigenvalue weighted by Crippen LogP contribution is -2.40. The third kappa shape index (κ3) is 12.0. The molecule has 0 bridgehead atoms. The minimum Gasteiger partial charge on any atom is -0.481 e. The van der Waals surface area contributed by atoms with E-state index in [-0.39, 0.29) is 12.8 Å².